The van der Waals surface area contributed by atoms with Gasteiger partial charge in [0.15, 0.2) is 0 Å². The minimum absolute atomic E-state index is 0.210. The number of carbonyl (C=O) groups is 1. The molecule has 2 heterocycles. The van der Waals surface area contributed by atoms with Gasteiger partial charge >= 0.3 is 0 Å². The van der Waals surface area contributed by atoms with Crippen molar-refractivity contribution in [2.24, 2.45) is 0 Å². The number of hydrogen-bond donors (Lipinski definition) is 1. The summed E-state index contributed by atoms with van der Waals surface area (Å²) in [6.07, 6.45) is 8.28. The number of rotatable bonds is 3. The first-order valence-electron chi connectivity index (χ1n) is 7.72. The van der Waals surface area contributed by atoms with Gasteiger partial charge in [-0.25, -0.2) is 4.98 Å². The standard InChI is InChI=1S/C21H15N3O/c25-21(12-10-18-6-4-13-22-16-18)24-20-8-3-5-17(15-20)9-11-19-7-1-2-14-23-19/h1-8,10,12-16H,(H,24,25)/b12-10+. The molecule has 2 aromatic heterocycles. The highest BCUT2D eigenvalue weighted by Gasteiger charge is 1.98. The van der Waals surface area contributed by atoms with E-state index in [0.717, 1.165) is 11.1 Å². The molecule has 120 valence electrons. The number of benzene rings is 1. The normalized spacial score (nSPS) is 10.1. The van der Waals surface area contributed by atoms with E-state index in [1.807, 2.05) is 54.6 Å². The van der Waals surface area contributed by atoms with Crippen molar-refractivity contribution in [2.45, 2.75) is 0 Å². The second kappa shape index (κ2) is 8.23. The lowest BCUT2D eigenvalue weighted by Crippen LogP contribution is -2.07. The monoisotopic (exact) mass is 325 g/mol. The number of carbonyl (C=O) groups excluding carboxylic acids is 1. The Hall–Kier alpha value is -3.71. The Morgan fingerprint density at radius 1 is 1.00 bits per heavy atom. The predicted octanol–water partition coefficient (Wildman–Crippen LogP) is 3.53. The lowest BCUT2D eigenvalue weighted by molar-refractivity contribution is -0.111. The van der Waals surface area contributed by atoms with Crippen molar-refractivity contribution in [1.29, 1.82) is 0 Å². The van der Waals surface area contributed by atoms with E-state index in [2.05, 4.69) is 27.1 Å². The SMILES string of the molecule is O=C(/C=C/c1cccnc1)Nc1cccc(C#Cc2ccccn2)c1. The van der Waals surface area contributed by atoms with Crippen molar-refractivity contribution in [3.63, 3.8) is 0 Å². The van der Waals surface area contributed by atoms with Gasteiger partial charge in [-0.2, -0.15) is 0 Å². The molecular formula is C21H15N3O. The molecule has 0 unspecified atom stereocenters. The zero-order valence-corrected chi connectivity index (χ0v) is 13.4. The van der Waals surface area contributed by atoms with Gasteiger partial charge in [-0.05, 0) is 54.0 Å². The van der Waals surface area contributed by atoms with Crippen molar-refractivity contribution in [3.8, 4) is 11.8 Å². The van der Waals surface area contributed by atoms with E-state index in [9.17, 15) is 4.79 Å². The Kier molecular flexibility index (Phi) is 5.32. The summed E-state index contributed by atoms with van der Waals surface area (Å²) in [7, 11) is 0. The van der Waals surface area contributed by atoms with Crippen molar-refractivity contribution in [3.05, 3.63) is 96.1 Å². The minimum atomic E-state index is -0.210. The quantitative estimate of drug-likeness (QED) is 0.592. The van der Waals surface area contributed by atoms with Gasteiger partial charge in [0.2, 0.25) is 5.91 Å². The van der Waals surface area contributed by atoms with Crippen molar-refractivity contribution in [1.82, 2.24) is 9.97 Å². The molecule has 0 bridgehead atoms. The smallest absolute Gasteiger partial charge is 0.248 e. The van der Waals surface area contributed by atoms with Crippen molar-refractivity contribution in [2.75, 3.05) is 5.32 Å². The van der Waals surface area contributed by atoms with E-state index >= 15 is 0 Å². The summed E-state index contributed by atoms with van der Waals surface area (Å²) in [5.41, 5.74) is 3.07. The Bertz CT molecular complexity index is 939. The molecule has 1 N–H and O–H groups in total. The van der Waals surface area contributed by atoms with Crippen LogP contribution in [0.2, 0.25) is 0 Å². The van der Waals surface area contributed by atoms with Gasteiger partial charge in [-0.3, -0.25) is 9.78 Å². The number of anilines is 1. The first kappa shape index (κ1) is 16.2. The van der Waals surface area contributed by atoms with Gasteiger partial charge in [-0.1, -0.05) is 24.1 Å². The molecule has 0 atom stereocenters. The van der Waals surface area contributed by atoms with Crippen LogP contribution >= 0.6 is 0 Å². The van der Waals surface area contributed by atoms with Gasteiger partial charge < -0.3 is 5.32 Å². The fourth-order valence-corrected chi connectivity index (χ4v) is 2.08. The van der Waals surface area contributed by atoms with Crippen LogP contribution in [-0.2, 0) is 4.79 Å². The molecule has 0 aliphatic heterocycles. The molecule has 25 heavy (non-hydrogen) atoms. The third-order valence-corrected chi connectivity index (χ3v) is 3.24. The van der Waals surface area contributed by atoms with Crippen LogP contribution in [0, 0.1) is 11.8 Å². The number of amides is 1. The largest absolute Gasteiger partial charge is 0.322 e. The molecule has 4 nitrogen and oxygen atoms in total. The maximum Gasteiger partial charge on any atom is 0.248 e. The molecule has 3 aromatic rings. The third kappa shape index (κ3) is 5.15. The van der Waals surface area contributed by atoms with Crippen LogP contribution in [0.4, 0.5) is 5.69 Å². The molecule has 0 spiro atoms. The molecule has 0 saturated carbocycles. The average molecular weight is 325 g/mol. The van der Waals surface area contributed by atoms with E-state index in [-0.39, 0.29) is 5.91 Å². The van der Waals surface area contributed by atoms with Crippen LogP contribution in [0.5, 0.6) is 0 Å². The minimum Gasteiger partial charge on any atom is -0.322 e. The van der Waals surface area contributed by atoms with Crippen LogP contribution in [-0.4, -0.2) is 15.9 Å². The lowest BCUT2D eigenvalue weighted by atomic mass is 10.2. The molecule has 0 radical (unpaired) electrons. The zero-order valence-electron chi connectivity index (χ0n) is 13.4. The summed E-state index contributed by atoms with van der Waals surface area (Å²) in [4.78, 5) is 20.2. The van der Waals surface area contributed by atoms with E-state index in [4.69, 9.17) is 0 Å². The number of pyridine rings is 2. The van der Waals surface area contributed by atoms with Gasteiger partial charge in [-0.15, -0.1) is 0 Å². The second-order valence-corrected chi connectivity index (χ2v) is 5.15. The number of nitrogens with zero attached hydrogens (tertiary/aromatic N) is 2. The molecule has 4 heteroatoms. The molecule has 1 amide bonds. The summed E-state index contributed by atoms with van der Waals surface area (Å²) < 4.78 is 0. The third-order valence-electron chi connectivity index (χ3n) is 3.24. The molecule has 0 aliphatic rings. The molecule has 3 rings (SSSR count). The Morgan fingerprint density at radius 2 is 1.96 bits per heavy atom. The fourth-order valence-electron chi connectivity index (χ4n) is 2.08. The van der Waals surface area contributed by atoms with Crippen LogP contribution in [0.3, 0.4) is 0 Å². The first-order valence-corrected chi connectivity index (χ1v) is 7.72. The van der Waals surface area contributed by atoms with Crippen molar-refractivity contribution < 1.29 is 4.79 Å². The molecule has 0 saturated heterocycles. The topological polar surface area (TPSA) is 54.9 Å². The first-order chi connectivity index (χ1) is 12.3. The molecule has 0 fully saturated rings. The summed E-state index contributed by atoms with van der Waals surface area (Å²) >= 11 is 0. The van der Waals surface area contributed by atoms with Crippen molar-refractivity contribution >= 4 is 17.7 Å². The Labute approximate surface area is 146 Å². The van der Waals surface area contributed by atoms with E-state index in [0.29, 0.717) is 11.4 Å². The molecular weight excluding hydrogens is 310 g/mol. The maximum absolute atomic E-state index is 12.0. The lowest BCUT2D eigenvalue weighted by Gasteiger charge is -2.02. The highest BCUT2D eigenvalue weighted by Crippen LogP contribution is 2.10. The summed E-state index contributed by atoms with van der Waals surface area (Å²) in [6, 6.07) is 16.7. The van der Waals surface area contributed by atoms with Gasteiger partial charge in [0.1, 0.15) is 5.69 Å². The van der Waals surface area contributed by atoms with Gasteiger partial charge in [0.05, 0.1) is 0 Å². The predicted molar refractivity (Wildman–Crippen MR) is 98.6 cm³/mol. The highest BCUT2D eigenvalue weighted by atomic mass is 16.1. The van der Waals surface area contributed by atoms with Gasteiger partial charge in [0, 0.05) is 35.9 Å². The number of aromatic nitrogens is 2. The van der Waals surface area contributed by atoms with Crippen LogP contribution < -0.4 is 5.32 Å². The fraction of sp³-hybridized carbons (Fsp3) is 0. The highest BCUT2D eigenvalue weighted by molar-refractivity contribution is 6.01. The molecule has 1 aromatic carbocycles. The maximum atomic E-state index is 12.0. The molecule has 0 aliphatic carbocycles. The Morgan fingerprint density at radius 3 is 2.76 bits per heavy atom. The van der Waals surface area contributed by atoms with Crippen LogP contribution in [0.1, 0.15) is 16.8 Å². The van der Waals surface area contributed by atoms with E-state index in [1.54, 1.807) is 24.7 Å². The second-order valence-electron chi connectivity index (χ2n) is 5.15. The summed E-state index contributed by atoms with van der Waals surface area (Å²) in [6.45, 7) is 0. The average Bonchev–Trinajstić information content (AvgIpc) is 2.67. The Balaban J connectivity index is 1.67. The summed E-state index contributed by atoms with van der Waals surface area (Å²) in [5.74, 6) is 5.83. The van der Waals surface area contributed by atoms with Crippen LogP contribution in [0.25, 0.3) is 6.08 Å². The van der Waals surface area contributed by atoms with E-state index in [1.165, 1.54) is 6.08 Å². The summed E-state index contributed by atoms with van der Waals surface area (Å²) in [5, 5.41) is 2.82. The van der Waals surface area contributed by atoms with Crippen LogP contribution in [0.15, 0.2) is 79.3 Å². The number of nitrogens with one attached hydrogen (secondary N) is 1. The number of hydrogen-bond acceptors (Lipinski definition) is 3. The van der Waals surface area contributed by atoms with E-state index < -0.39 is 0 Å². The zero-order chi connectivity index (χ0) is 17.3. The van der Waals surface area contributed by atoms with Gasteiger partial charge in [0.25, 0.3) is 0 Å².